The van der Waals surface area contributed by atoms with Crippen molar-refractivity contribution in [2.45, 2.75) is 27.2 Å². The average Bonchev–Trinajstić information content (AvgIpc) is 2.39. The molecule has 19 heavy (non-hydrogen) atoms. The van der Waals surface area contributed by atoms with Crippen LogP contribution in [0.1, 0.15) is 23.6 Å². The Kier molecular flexibility index (Phi) is 5.36. The van der Waals surface area contributed by atoms with Crippen LogP contribution in [0.2, 0.25) is 0 Å². The summed E-state index contributed by atoms with van der Waals surface area (Å²) in [6, 6.07) is 6.05. The van der Waals surface area contributed by atoms with E-state index in [0.717, 1.165) is 16.7 Å². The van der Waals surface area contributed by atoms with Crippen molar-refractivity contribution in [2.24, 2.45) is 16.8 Å². The van der Waals surface area contributed by atoms with Crippen LogP contribution in [0.25, 0.3) is 0 Å². The fourth-order valence-corrected chi connectivity index (χ4v) is 1.70. The number of amides is 1. The second-order valence-electron chi connectivity index (χ2n) is 4.84. The molecular formula is C14H21N3O2. The molecule has 104 valence electrons. The number of amidine groups is 1. The van der Waals surface area contributed by atoms with Crippen LogP contribution < -0.4 is 11.1 Å². The Labute approximate surface area is 113 Å². The predicted octanol–water partition coefficient (Wildman–Crippen LogP) is 1.34. The van der Waals surface area contributed by atoms with Gasteiger partial charge in [-0.2, -0.15) is 0 Å². The van der Waals surface area contributed by atoms with Gasteiger partial charge in [-0.1, -0.05) is 35.8 Å². The second kappa shape index (κ2) is 6.78. The van der Waals surface area contributed by atoms with Gasteiger partial charge in [0.15, 0.2) is 0 Å². The van der Waals surface area contributed by atoms with Crippen molar-refractivity contribution in [1.29, 1.82) is 0 Å². The highest BCUT2D eigenvalue weighted by Crippen LogP contribution is 2.11. The van der Waals surface area contributed by atoms with Crippen LogP contribution in [0.15, 0.2) is 23.4 Å². The van der Waals surface area contributed by atoms with Crippen LogP contribution in [0, 0.1) is 19.8 Å². The molecule has 1 aromatic rings. The minimum absolute atomic E-state index is 0.0636. The van der Waals surface area contributed by atoms with Crippen LogP contribution in [-0.2, 0) is 11.2 Å². The summed E-state index contributed by atoms with van der Waals surface area (Å²) in [5, 5.41) is 14.2. The Morgan fingerprint density at radius 1 is 1.47 bits per heavy atom. The summed E-state index contributed by atoms with van der Waals surface area (Å²) in [4.78, 5) is 11.8. The van der Waals surface area contributed by atoms with E-state index in [9.17, 15) is 4.79 Å². The quantitative estimate of drug-likeness (QED) is 0.324. The number of nitrogens with two attached hydrogens (primary N) is 1. The van der Waals surface area contributed by atoms with Gasteiger partial charge >= 0.3 is 0 Å². The van der Waals surface area contributed by atoms with Crippen LogP contribution in [0.5, 0.6) is 0 Å². The van der Waals surface area contributed by atoms with E-state index in [-0.39, 0.29) is 17.7 Å². The molecule has 1 amide bonds. The number of oxime groups is 1. The second-order valence-corrected chi connectivity index (χ2v) is 4.84. The van der Waals surface area contributed by atoms with Crippen LogP contribution in [0.3, 0.4) is 0 Å². The summed E-state index contributed by atoms with van der Waals surface area (Å²) < 4.78 is 0. The van der Waals surface area contributed by atoms with Crippen molar-refractivity contribution in [3.8, 4) is 0 Å². The molecule has 1 aromatic carbocycles. The SMILES string of the molecule is Cc1ccc(C)c(CC(=O)NCC(C)C(N)=NO)c1. The summed E-state index contributed by atoms with van der Waals surface area (Å²) in [7, 11) is 0. The first-order valence-electron chi connectivity index (χ1n) is 6.24. The molecule has 1 rings (SSSR count). The minimum Gasteiger partial charge on any atom is -0.409 e. The molecule has 0 radical (unpaired) electrons. The summed E-state index contributed by atoms with van der Waals surface area (Å²) >= 11 is 0. The van der Waals surface area contributed by atoms with Gasteiger partial charge in [-0.05, 0) is 25.0 Å². The third-order valence-corrected chi connectivity index (χ3v) is 3.08. The first kappa shape index (κ1) is 15.0. The summed E-state index contributed by atoms with van der Waals surface area (Å²) in [6.07, 6.45) is 0.344. The highest BCUT2D eigenvalue weighted by molar-refractivity contribution is 5.83. The fourth-order valence-electron chi connectivity index (χ4n) is 1.70. The van der Waals surface area contributed by atoms with Gasteiger partial charge in [0.2, 0.25) is 5.91 Å². The van der Waals surface area contributed by atoms with Gasteiger partial charge in [-0.3, -0.25) is 4.79 Å². The maximum absolute atomic E-state index is 11.8. The van der Waals surface area contributed by atoms with Gasteiger partial charge in [0, 0.05) is 12.5 Å². The fraction of sp³-hybridized carbons (Fsp3) is 0.429. The van der Waals surface area contributed by atoms with E-state index in [1.807, 2.05) is 32.0 Å². The molecule has 0 bridgehead atoms. The third-order valence-electron chi connectivity index (χ3n) is 3.08. The Bertz CT molecular complexity index is 484. The molecule has 4 N–H and O–H groups in total. The highest BCUT2D eigenvalue weighted by Gasteiger charge is 2.11. The summed E-state index contributed by atoms with van der Waals surface area (Å²) in [5.74, 6) is -0.133. The lowest BCUT2D eigenvalue weighted by Gasteiger charge is -2.12. The topological polar surface area (TPSA) is 87.7 Å². The molecule has 0 heterocycles. The maximum atomic E-state index is 11.8. The van der Waals surface area contributed by atoms with Crippen molar-refractivity contribution in [3.63, 3.8) is 0 Å². The van der Waals surface area contributed by atoms with Gasteiger partial charge in [-0.25, -0.2) is 0 Å². The van der Waals surface area contributed by atoms with Crippen molar-refractivity contribution in [3.05, 3.63) is 34.9 Å². The van der Waals surface area contributed by atoms with Crippen molar-refractivity contribution in [1.82, 2.24) is 5.32 Å². The first-order chi connectivity index (χ1) is 8.93. The van der Waals surface area contributed by atoms with Crippen LogP contribution in [-0.4, -0.2) is 23.5 Å². The number of nitrogens with one attached hydrogen (secondary N) is 1. The number of nitrogens with zero attached hydrogens (tertiary/aromatic N) is 1. The molecule has 0 aliphatic carbocycles. The number of hydrogen-bond acceptors (Lipinski definition) is 3. The zero-order valence-corrected chi connectivity index (χ0v) is 11.6. The van der Waals surface area contributed by atoms with Gasteiger partial charge in [0.1, 0.15) is 5.84 Å². The summed E-state index contributed by atoms with van der Waals surface area (Å²) in [5.41, 5.74) is 8.71. The normalized spacial score (nSPS) is 13.1. The maximum Gasteiger partial charge on any atom is 0.224 e. The Morgan fingerprint density at radius 2 is 2.16 bits per heavy atom. The van der Waals surface area contributed by atoms with Gasteiger partial charge in [0.25, 0.3) is 0 Å². The van der Waals surface area contributed by atoms with Crippen molar-refractivity contribution >= 4 is 11.7 Å². The van der Waals surface area contributed by atoms with E-state index >= 15 is 0 Å². The monoisotopic (exact) mass is 263 g/mol. The smallest absolute Gasteiger partial charge is 0.224 e. The molecule has 0 saturated heterocycles. The standard InChI is InChI=1S/C14H21N3O2/c1-9-4-5-10(2)12(6-9)7-13(18)16-8-11(3)14(15)17-19/h4-6,11,19H,7-8H2,1-3H3,(H2,15,17)(H,16,18). The molecule has 0 saturated carbocycles. The largest absolute Gasteiger partial charge is 0.409 e. The molecule has 5 nitrogen and oxygen atoms in total. The van der Waals surface area contributed by atoms with Crippen LogP contribution in [0.4, 0.5) is 0 Å². The molecule has 0 fully saturated rings. The number of carbonyl (C=O) groups is 1. The minimum atomic E-state index is -0.187. The van der Waals surface area contributed by atoms with E-state index in [1.165, 1.54) is 0 Å². The molecule has 1 unspecified atom stereocenters. The molecule has 0 aromatic heterocycles. The predicted molar refractivity (Wildman–Crippen MR) is 75.2 cm³/mol. The summed E-state index contributed by atoms with van der Waals surface area (Å²) in [6.45, 7) is 6.13. The molecule has 0 spiro atoms. The number of rotatable bonds is 5. The average molecular weight is 263 g/mol. The zero-order valence-electron chi connectivity index (χ0n) is 11.6. The lowest BCUT2D eigenvalue weighted by atomic mass is 10.0. The number of carbonyl (C=O) groups excluding carboxylic acids is 1. The molecule has 1 atom stereocenters. The van der Waals surface area contributed by atoms with Crippen molar-refractivity contribution in [2.75, 3.05) is 6.54 Å². The first-order valence-corrected chi connectivity index (χ1v) is 6.24. The van der Waals surface area contributed by atoms with E-state index in [4.69, 9.17) is 10.9 Å². The van der Waals surface area contributed by atoms with Gasteiger partial charge in [-0.15, -0.1) is 0 Å². The highest BCUT2D eigenvalue weighted by atomic mass is 16.4. The van der Waals surface area contributed by atoms with Gasteiger partial charge in [0.05, 0.1) is 6.42 Å². The van der Waals surface area contributed by atoms with E-state index in [1.54, 1.807) is 6.92 Å². The van der Waals surface area contributed by atoms with E-state index in [0.29, 0.717) is 13.0 Å². The Hall–Kier alpha value is -2.04. The zero-order chi connectivity index (χ0) is 14.4. The molecule has 0 aliphatic heterocycles. The number of benzene rings is 1. The molecule has 0 aliphatic rings. The van der Waals surface area contributed by atoms with E-state index in [2.05, 4.69) is 10.5 Å². The Morgan fingerprint density at radius 3 is 2.79 bits per heavy atom. The number of hydrogen-bond donors (Lipinski definition) is 3. The Balaban J connectivity index is 2.54. The molecular weight excluding hydrogens is 242 g/mol. The lowest BCUT2D eigenvalue weighted by Crippen LogP contribution is -2.35. The van der Waals surface area contributed by atoms with Crippen molar-refractivity contribution < 1.29 is 10.0 Å². The molecule has 5 heteroatoms. The lowest BCUT2D eigenvalue weighted by molar-refractivity contribution is -0.120. The van der Waals surface area contributed by atoms with Gasteiger partial charge < -0.3 is 16.3 Å². The third kappa shape index (κ3) is 4.62. The number of aryl methyl sites for hydroxylation is 2. The van der Waals surface area contributed by atoms with Crippen LogP contribution >= 0.6 is 0 Å². The van der Waals surface area contributed by atoms with E-state index < -0.39 is 0 Å².